The molecule has 1 aromatic rings. The Labute approximate surface area is 185 Å². The molecule has 31 heavy (non-hydrogen) atoms. The monoisotopic (exact) mass is 431 g/mol. The minimum absolute atomic E-state index is 0.0269. The van der Waals surface area contributed by atoms with Gasteiger partial charge in [-0.1, -0.05) is 0 Å². The van der Waals surface area contributed by atoms with Crippen molar-refractivity contribution in [2.24, 2.45) is 10.9 Å². The average molecular weight is 432 g/mol. The van der Waals surface area contributed by atoms with Crippen molar-refractivity contribution in [2.45, 2.75) is 33.1 Å². The van der Waals surface area contributed by atoms with Crippen LogP contribution in [0.25, 0.3) is 0 Å². The van der Waals surface area contributed by atoms with Crippen LogP contribution in [0, 0.1) is 5.92 Å². The standard InChI is InChI=1S/C22H37N7O2/c1-3-23-21(28-13-7-19(8-14-28)20(30)31-4-2)26-11-6-12-27-15-17-29(18-16-27)22-24-9-5-10-25-22/h5,9-10,19H,3-4,6-8,11-18H2,1-2H3,(H,23,26). The molecule has 9 nitrogen and oxygen atoms in total. The van der Waals surface area contributed by atoms with Crippen molar-refractivity contribution in [3.63, 3.8) is 0 Å². The maximum atomic E-state index is 12.0. The largest absolute Gasteiger partial charge is 0.466 e. The van der Waals surface area contributed by atoms with Gasteiger partial charge in [0.2, 0.25) is 5.95 Å². The third-order valence-corrected chi connectivity index (χ3v) is 5.85. The summed E-state index contributed by atoms with van der Waals surface area (Å²) in [6, 6.07) is 1.85. The number of nitrogens with one attached hydrogen (secondary N) is 1. The second kappa shape index (κ2) is 12.4. The number of hydrogen-bond donors (Lipinski definition) is 1. The quantitative estimate of drug-likeness (QED) is 0.285. The molecular formula is C22H37N7O2. The van der Waals surface area contributed by atoms with Crippen LogP contribution in [0.5, 0.6) is 0 Å². The Balaban J connectivity index is 1.38. The highest BCUT2D eigenvalue weighted by Crippen LogP contribution is 2.19. The van der Waals surface area contributed by atoms with Crippen LogP contribution in [0.15, 0.2) is 23.5 Å². The van der Waals surface area contributed by atoms with E-state index >= 15 is 0 Å². The number of aromatic nitrogens is 2. The fraction of sp³-hybridized carbons (Fsp3) is 0.727. The van der Waals surface area contributed by atoms with Crippen molar-refractivity contribution in [1.29, 1.82) is 0 Å². The first-order valence-corrected chi connectivity index (χ1v) is 11.7. The molecule has 3 rings (SSSR count). The lowest BCUT2D eigenvalue weighted by Gasteiger charge is -2.34. The molecule has 0 unspecified atom stereocenters. The number of rotatable bonds is 8. The molecule has 1 N–H and O–H groups in total. The molecule has 0 amide bonds. The number of ether oxygens (including phenoxy) is 1. The number of nitrogens with zero attached hydrogens (tertiary/aromatic N) is 6. The van der Waals surface area contributed by atoms with E-state index in [-0.39, 0.29) is 11.9 Å². The van der Waals surface area contributed by atoms with E-state index in [9.17, 15) is 4.79 Å². The van der Waals surface area contributed by atoms with Gasteiger partial charge in [0.1, 0.15) is 0 Å². The molecular weight excluding hydrogens is 394 g/mol. The number of anilines is 1. The van der Waals surface area contributed by atoms with Crippen molar-refractivity contribution in [1.82, 2.24) is 25.1 Å². The summed E-state index contributed by atoms with van der Waals surface area (Å²) in [6.45, 7) is 12.8. The number of aliphatic imine (C=N–C) groups is 1. The van der Waals surface area contributed by atoms with Crippen molar-refractivity contribution >= 4 is 17.9 Å². The van der Waals surface area contributed by atoms with E-state index < -0.39 is 0 Å². The molecule has 0 saturated carbocycles. The number of hydrogen-bond acceptors (Lipinski definition) is 7. The predicted octanol–water partition coefficient (Wildman–Crippen LogP) is 1.23. The van der Waals surface area contributed by atoms with Crippen LogP contribution >= 0.6 is 0 Å². The maximum absolute atomic E-state index is 12.0. The van der Waals surface area contributed by atoms with Crippen LogP contribution in [-0.2, 0) is 9.53 Å². The summed E-state index contributed by atoms with van der Waals surface area (Å²) in [4.78, 5) is 32.5. The second-order valence-corrected chi connectivity index (χ2v) is 7.98. The molecule has 2 saturated heterocycles. The van der Waals surface area contributed by atoms with Crippen molar-refractivity contribution in [2.75, 3.05) is 70.4 Å². The number of piperazine rings is 1. The van der Waals surface area contributed by atoms with Crippen LogP contribution in [-0.4, -0.2) is 97.2 Å². The molecule has 0 aliphatic carbocycles. The topological polar surface area (TPSA) is 86.2 Å². The number of carbonyl (C=O) groups excluding carboxylic acids is 1. The Morgan fingerprint density at radius 2 is 1.84 bits per heavy atom. The van der Waals surface area contributed by atoms with Gasteiger partial charge in [-0.25, -0.2) is 9.97 Å². The zero-order chi connectivity index (χ0) is 21.9. The van der Waals surface area contributed by atoms with E-state index in [1.165, 1.54) is 0 Å². The summed E-state index contributed by atoms with van der Waals surface area (Å²) in [6.07, 6.45) is 6.30. The molecule has 0 aromatic carbocycles. The molecule has 172 valence electrons. The van der Waals surface area contributed by atoms with E-state index in [1.807, 2.05) is 13.0 Å². The predicted molar refractivity (Wildman–Crippen MR) is 122 cm³/mol. The molecule has 0 radical (unpaired) electrons. The van der Waals surface area contributed by atoms with Crippen LogP contribution in [0.1, 0.15) is 33.1 Å². The highest BCUT2D eigenvalue weighted by Gasteiger charge is 2.27. The summed E-state index contributed by atoms with van der Waals surface area (Å²) < 4.78 is 5.18. The molecule has 2 aliphatic heterocycles. The van der Waals surface area contributed by atoms with E-state index in [0.29, 0.717) is 6.61 Å². The summed E-state index contributed by atoms with van der Waals surface area (Å²) in [5.41, 5.74) is 0. The minimum atomic E-state index is -0.0528. The van der Waals surface area contributed by atoms with Gasteiger partial charge in [-0.05, 0) is 39.2 Å². The fourth-order valence-corrected chi connectivity index (χ4v) is 4.12. The maximum Gasteiger partial charge on any atom is 0.309 e. The second-order valence-electron chi connectivity index (χ2n) is 7.98. The van der Waals surface area contributed by atoms with Crippen LogP contribution < -0.4 is 10.2 Å². The molecule has 9 heteroatoms. The van der Waals surface area contributed by atoms with Crippen LogP contribution in [0.4, 0.5) is 5.95 Å². The van der Waals surface area contributed by atoms with Crippen molar-refractivity contribution in [3.05, 3.63) is 18.5 Å². The Hall–Kier alpha value is -2.42. The lowest BCUT2D eigenvalue weighted by molar-refractivity contribution is -0.149. The molecule has 0 spiro atoms. The van der Waals surface area contributed by atoms with Crippen molar-refractivity contribution in [3.8, 4) is 0 Å². The molecule has 2 fully saturated rings. The molecule has 1 aromatic heterocycles. The number of esters is 1. The highest BCUT2D eigenvalue weighted by molar-refractivity contribution is 5.80. The van der Waals surface area contributed by atoms with Crippen LogP contribution in [0.3, 0.4) is 0 Å². The van der Waals surface area contributed by atoms with E-state index in [0.717, 1.165) is 90.1 Å². The van der Waals surface area contributed by atoms with Gasteiger partial charge in [-0.2, -0.15) is 0 Å². The number of carbonyl (C=O) groups is 1. The Morgan fingerprint density at radius 1 is 1.13 bits per heavy atom. The first-order valence-electron chi connectivity index (χ1n) is 11.7. The average Bonchev–Trinajstić information content (AvgIpc) is 2.82. The first kappa shape index (κ1) is 23.2. The smallest absolute Gasteiger partial charge is 0.309 e. The zero-order valence-corrected chi connectivity index (χ0v) is 19.0. The SMILES string of the molecule is CCNC(=NCCCN1CCN(c2ncccn2)CC1)N1CCC(C(=O)OCC)CC1. The van der Waals surface area contributed by atoms with Gasteiger partial charge in [0.05, 0.1) is 12.5 Å². The summed E-state index contributed by atoms with van der Waals surface area (Å²) in [7, 11) is 0. The van der Waals surface area contributed by atoms with E-state index in [4.69, 9.17) is 9.73 Å². The van der Waals surface area contributed by atoms with Gasteiger partial charge >= 0.3 is 5.97 Å². The minimum Gasteiger partial charge on any atom is -0.466 e. The van der Waals surface area contributed by atoms with Gasteiger partial charge in [-0.15, -0.1) is 0 Å². The molecule has 3 heterocycles. The van der Waals surface area contributed by atoms with Gasteiger partial charge < -0.3 is 19.9 Å². The third kappa shape index (κ3) is 7.05. The molecule has 0 bridgehead atoms. The normalized spacial score (nSPS) is 18.8. The molecule has 0 atom stereocenters. The Bertz CT molecular complexity index is 684. The fourth-order valence-electron chi connectivity index (χ4n) is 4.12. The number of guanidine groups is 1. The van der Waals surface area contributed by atoms with Gasteiger partial charge in [0.15, 0.2) is 5.96 Å². The third-order valence-electron chi connectivity index (χ3n) is 5.85. The van der Waals surface area contributed by atoms with Crippen molar-refractivity contribution < 1.29 is 9.53 Å². The van der Waals surface area contributed by atoms with Gasteiger partial charge in [0.25, 0.3) is 0 Å². The lowest BCUT2D eigenvalue weighted by Crippen LogP contribution is -2.47. The van der Waals surface area contributed by atoms with Gasteiger partial charge in [0, 0.05) is 71.3 Å². The molecule has 2 aliphatic rings. The van der Waals surface area contributed by atoms with E-state index in [1.54, 1.807) is 12.4 Å². The summed E-state index contributed by atoms with van der Waals surface area (Å²) in [5, 5.41) is 3.41. The first-order chi connectivity index (χ1) is 15.2. The summed E-state index contributed by atoms with van der Waals surface area (Å²) >= 11 is 0. The Morgan fingerprint density at radius 3 is 2.48 bits per heavy atom. The lowest BCUT2D eigenvalue weighted by atomic mass is 9.97. The van der Waals surface area contributed by atoms with Crippen LogP contribution in [0.2, 0.25) is 0 Å². The summed E-state index contributed by atoms with van der Waals surface area (Å²) in [5.74, 6) is 1.77. The number of piperidine rings is 1. The number of likely N-dealkylation sites (tertiary alicyclic amines) is 1. The zero-order valence-electron chi connectivity index (χ0n) is 19.0. The Kier molecular flexibility index (Phi) is 9.33. The van der Waals surface area contributed by atoms with E-state index in [2.05, 4.69) is 36.9 Å². The highest BCUT2D eigenvalue weighted by atomic mass is 16.5. The van der Waals surface area contributed by atoms with Gasteiger partial charge in [-0.3, -0.25) is 14.7 Å².